The molecule has 0 bridgehead atoms. The lowest BCUT2D eigenvalue weighted by atomic mass is 9.95. The number of anilines is 2. The van der Waals surface area contributed by atoms with Gasteiger partial charge in [0, 0.05) is 23.0 Å². The Morgan fingerprint density at radius 2 is 1.57 bits per heavy atom. The first-order chi connectivity index (χ1) is 13.6. The molecule has 0 aliphatic heterocycles. The van der Waals surface area contributed by atoms with Gasteiger partial charge in [0.05, 0.1) is 5.92 Å². The molecule has 0 aromatic heterocycles. The summed E-state index contributed by atoms with van der Waals surface area (Å²) in [6.45, 7) is 1.98. The summed E-state index contributed by atoms with van der Waals surface area (Å²) in [4.78, 5) is 24.9. The summed E-state index contributed by atoms with van der Waals surface area (Å²) in [5.74, 6) is -0.514. The van der Waals surface area contributed by atoms with Gasteiger partial charge >= 0.3 is 0 Å². The first kappa shape index (κ1) is 19.2. The maximum atomic E-state index is 12.6. The average Bonchev–Trinajstić information content (AvgIpc) is 2.70. The van der Waals surface area contributed by atoms with Gasteiger partial charge in [0.15, 0.2) is 0 Å². The van der Waals surface area contributed by atoms with Crippen molar-refractivity contribution in [2.75, 3.05) is 10.6 Å². The van der Waals surface area contributed by atoms with Gasteiger partial charge in [-0.2, -0.15) is 0 Å². The molecule has 0 saturated carbocycles. The summed E-state index contributed by atoms with van der Waals surface area (Å²) in [5.41, 5.74) is 2.57. The summed E-state index contributed by atoms with van der Waals surface area (Å²) in [5, 5.41) is 15.1. The molecule has 0 radical (unpaired) electrons. The van der Waals surface area contributed by atoms with Crippen LogP contribution in [0.25, 0.3) is 0 Å². The Balaban J connectivity index is 1.65. The first-order valence-electron chi connectivity index (χ1n) is 9.13. The monoisotopic (exact) mass is 374 g/mol. The molecule has 0 aliphatic rings. The van der Waals surface area contributed by atoms with E-state index in [1.807, 2.05) is 37.3 Å². The molecule has 0 fully saturated rings. The van der Waals surface area contributed by atoms with Crippen molar-refractivity contribution in [2.24, 2.45) is 0 Å². The van der Waals surface area contributed by atoms with E-state index in [-0.39, 0.29) is 23.5 Å². The molecule has 142 valence electrons. The number of carbonyl (C=O) groups is 2. The Morgan fingerprint density at radius 1 is 0.857 bits per heavy atom. The number of phenols is 1. The molecule has 2 amide bonds. The minimum absolute atomic E-state index is 0.0781. The van der Waals surface area contributed by atoms with Crippen LogP contribution < -0.4 is 10.6 Å². The van der Waals surface area contributed by atoms with Gasteiger partial charge in [0.2, 0.25) is 5.91 Å². The highest BCUT2D eigenvalue weighted by Gasteiger charge is 2.18. The standard InChI is InChI=1S/C23H22N2O3/c1-2-21(16-7-4-3-5-8-16)23(28)24-18-13-11-17(12-14-18)22(27)25-19-9-6-10-20(26)15-19/h3-15,21,26H,2H2,1H3,(H,24,28)(H,25,27). The smallest absolute Gasteiger partial charge is 0.255 e. The Labute approximate surface area is 164 Å². The number of phenolic OH excluding ortho intramolecular Hbond substituents is 1. The summed E-state index contributed by atoms with van der Waals surface area (Å²) in [6.07, 6.45) is 0.695. The molecule has 0 aliphatic carbocycles. The fourth-order valence-corrected chi connectivity index (χ4v) is 2.98. The van der Waals surface area contributed by atoms with Crippen molar-refractivity contribution in [2.45, 2.75) is 19.3 Å². The van der Waals surface area contributed by atoms with Gasteiger partial charge < -0.3 is 15.7 Å². The fourth-order valence-electron chi connectivity index (χ4n) is 2.98. The van der Waals surface area contributed by atoms with Gasteiger partial charge in [-0.05, 0) is 48.4 Å². The van der Waals surface area contributed by atoms with Crippen molar-refractivity contribution in [3.63, 3.8) is 0 Å². The Bertz CT molecular complexity index is 953. The number of aromatic hydroxyl groups is 1. The number of carbonyl (C=O) groups excluding carboxylic acids is 2. The van der Waals surface area contributed by atoms with Crippen LogP contribution in [0.3, 0.4) is 0 Å². The molecule has 3 N–H and O–H groups in total. The van der Waals surface area contributed by atoms with Crippen LogP contribution in [-0.4, -0.2) is 16.9 Å². The molecular weight excluding hydrogens is 352 g/mol. The van der Waals surface area contributed by atoms with E-state index in [9.17, 15) is 14.7 Å². The van der Waals surface area contributed by atoms with Gasteiger partial charge in [-0.1, -0.05) is 43.3 Å². The van der Waals surface area contributed by atoms with Crippen LogP contribution in [0.2, 0.25) is 0 Å². The molecule has 5 heteroatoms. The molecule has 3 aromatic carbocycles. The highest BCUT2D eigenvalue weighted by molar-refractivity contribution is 6.05. The van der Waals surface area contributed by atoms with E-state index < -0.39 is 0 Å². The van der Waals surface area contributed by atoms with E-state index in [2.05, 4.69) is 10.6 Å². The molecule has 28 heavy (non-hydrogen) atoms. The third-order valence-corrected chi connectivity index (χ3v) is 4.45. The van der Waals surface area contributed by atoms with Crippen molar-refractivity contribution >= 4 is 23.2 Å². The fraction of sp³-hybridized carbons (Fsp3) is 0.130. The largest absolute Gasteiger partial charge is 0.508 e. The van der Waals surface area contributed by atoms with Crippen molar-refractivity contribution in [3.05, 3.63) is 90.0 Å². The SMILES string of the molecule is CCC(C(=O)Nc1ccc(C(=O)Nc2cccc(O)c2)cc1)c1ccccc1. The van der Waals surface area contributed by atoms with Crippen LogP contribution in [0.15, 0.2) is 78.9 Å². The number of nitrogens with one attached hydrogen (secondary N) is 2. The second-order valence-electron chi connectivity index (χ2n) is 6.44. The van der Waals surface area contributed by atoms with Crippen LogP contribution in [0.4, 0.5) is 11.4 Å². The highest BCUT2D eigenvalue weighted by Crippen LogP contribution is 2.22. The number of benzene rings is 3. The molecule has 0 heterocycles. The molecule has 0 spiro atoms. The molecule has 3 rings (SSSR count). The quantitative estimate of drug-likeness (QED) is 0.581. The van der Waals surface area contributed by atoms with Crippen LogP contribution >= 0.6 is 0 Å². The predicted octanol–water partition coefficient (Wildman–Crippen LogP) is 4.78. The predicted molar refractivity (Wildman–Crippen MR) is 111 cm³/mol. The van der Waals surface area contributed by atoms with E-state index in [1.54, 1.807) is 36.4 Å². The van der Waals surface area contributed by atoms with E-state index in [4.69, 9.17) is 0 Å². The Kier molecular flexibility index (Phi) is 6.07. The van der Waals surface area contributed by atoms with E-state index in [0.717, 1.165) is 5.56 Å². The summed E-state index contributed by atoms with van der Waals surface area (Å²) >= 11 is 0. The second-order valence-corrected chi connectivity index (χ2v) is 6.44. The van der Waals surface area contributed by atoms with E-state index in [0.29, 0.717) is 23.4 Å². The Morgan fingerprint density at radius 3 is 2.21 bits per heavy atom. The minimum atomic E-state index is -0.292. The molecule has 0 saturated heterocycles. The zero-order valence-electron chi connectivity index (χ0n) is 15.6. The third kappa shape index (κ3) is 4.76. The lowest BCUT2D eigenvalue weighted by Gasteiger charge is -2.15. The number of amides is 2. The summed E-state index contributed by atoms with van der Waals surface area (Å²) in [6, 6.07) is 22.7. The second kappa shape index (κ2) is 8.86. The normalized spacial score (nSPS) is 11.5. The zero-order valence-corrected chi connectivity index (χ0v) is 15.6. The van der Waals surface area contributed by atoms with Crippen LogP contribution in [0.1, 0.15) is 35.2 Å². The highest BCUT2D eigenvalue weighted by atomic mass is 16.3. The van der Waals surface area contributed by atoms with Gasteiger partial charge in [-0.3, -0.25) is 9.59 Å². The first-order valence-corrected chi connectivity index (χ1v) is 9.13. The lowest BCUT2D eigenvalue weighted by Crippen LogP contribution is -2.20. The molecule has 1 unspecified atom stereocenters. The van der Waals surface area contributed by atoms with Crippen LogP contribution in [-0.2, 0) is 4.79 Å². The number of hydrogen-bond donors (Lipinski definition) is 3. The maximum Gasteiger partial charge on any atom is 0.255 e. The van der Waals surface area contributed by atoms with Crippen LogP contribution in [0, 0.1) is 0 Å². The van der Waals surface area contributed by atoms with Crippen molar-refractivity contribution in [1.82, 2.24) is 0 Å². The van der Waals surface area contributed by atoms with E-state index in [1.165, 1.54) is 12.1 Å². The van der Waals surface area contributed by atoms with E-state index >= 15 is 0 Å². The molecule has 1 atom stereocenters. The van der Waals surface area contributed by atoms with Crippen molar-refractivity contribution in [3.8, 4) is 5.75 Å². The Hall–Kier alpha value is -3.60. The topological polar surface area (TPSA) is 78.4 Å². The summed E-state index contributed by atoms with van der Waals surface area (Å²) < 4.78 is 0. The lowest BCUT2D eigenvalue weighted by molar-refractivity contribution is -0.117. The third-order valence-electron chi connectivity index (χ3n) is 4.45. The molecule has 5 nitrogen and oxygen atoms in total. The van der Waals surface area contributed by atoms with Crippen molar-refractivity contribution in [1.29, 1.82) is 0 Å². The van der Waals surface area contributed by atoms with Gasteiger partial charge in [0.1, 0.15) is 5.75 Å². The maximum absolute atomic E-state index is 12.6. The number of hydrogen-bond acceptors (Lipinski definition) is 3. The minimum Gasteiger partial charge on any atom is -0.508 e. The number of rotatable bonds is 6. The van der Waals surface area contributed by atoms with Crippen molar-refractivity contribution < 1.29 is 14.7 Å². The van der Waals surface area contributed by atoms with Crippen LogP contribution in [0.5, 0.6) is 5.75 Å². The van der Waals surface area contributed by atoms with Gasteiger partial charge in [0.25, 0.3) is 5.91 Å². The summed E-state index contributed by atoms with van der Waals surface area (Å²) in [7, 11) is 0. The van der Waals surface area contributed by atoms with Gasteiger partial charge in [-0.25, -0.2) is 0 Å². The van der Waals surface area contributed by atoms with Gasteiger partial charge in [-0.15, -0.1) is 0 Å². The zero-order chi connectivity index (χ0) is 19.9. The molecular formula is C23H22N2O3. The molecule has 3 aromatic rings. The average molecular weight is 374 g/mol.